The molecule has 582 valence electrons. The summed E-state index contributed by atoms with van der Waals surface area (Å²) in [5.74, 6) is 0. The van der Waals surface area contributed by atoms with Gasteiger partial charge < -0.3 is 19.9 Å². The molecule has 0 saturated heterocycles. The van der Waals surface area contributed by atoms with Crippen molar-refractivity contribution in [3.05, 3.63) is 435 Å². The molecule has 122 heavy (non-hydrogen) atoms. The molecule has 5 heterocycles. The third-order valence-corrected chi connectivity index (χ3v) is 22.5. The van der Waals surface area contributed by atoms with Gasteiger partial charge in [-0.25, -0.2) is 0 Å². The van der Waals surface area contributed by atoms with Gasteiger partial charge in [0, 0.05) is 24.8 Å². The SMILES string of the molecule is Cc1ccnc(-c2[c-]cc(-c3ccccc3-c3cc(-c4ccccc4-c4c[c-]c(-c5cc(C)ccn5)cc4)cc(-c4cc(C)ccc4-c4c[c-]c(-c5cc(-c6[c-]cc(-c7ccc(C)cc7-c7cc(-c8ccccc8-c8c[c-]c(-c9cc(C)ccn9)cc8)cc(-c8ccccc8-c8c[c-]c(-c9cc(C)ccn9)cc8)c7)cc6)ncn5)cc4)c3)cc2)c1.[Ir+3].[Ir+3]. The largest absolute Gasteiger partial charge is 3.00 e. The Morgan fingerprint density at radius 2 is 0.361 bits per heavy atom. The molecule has 19 rings (SSSR count). The first kappa shape index (κ1) is 80.5. The van der Waals surface area contributed by atoms with Crippen LogP contribution in [0.15, 0.2) is 365 Å². The van der Waals surface area contributed by atoms with E-state index in [1.807, 2.05) is 55.1 Å². The van der Waals surface area contributed by atoms with Crippen LogP contribution in [0.5, 0.6) is 0 Å². The van der Waals surface area contributed by atoms with Gasteiger partial charge in [0.2, 0.25) is 0 Å². The van der Waals surface area contributed by atoms with Crippen LogP contribution in [-0.4, -0.2) is 29.9 Å². The first-order valence-electron chi connectivity index (χ1n) is 40.4. The monoisotopic (exact) mass is 1920 g/mol. The van der Waals surface area contributed by atoms with Crippen molar-refractivity contribution in [2.45, 2.75) is 41.5 Å². The summed E-state index contributed by atoms with van der Waals surface area (Å²) in [4.78, 5) is 28.5. The van der Waals surface area contributed by atoms with E-state index in [2.05, 4.69) is 401 Å². The van der Waals surface area contributed by atoms with Crippen molar-refractivity contribution in [3.8, 4) is 201 Å². The molecule has 0 aliphatic rings. The molecule has 0 unspecified atom stereocenters. The van der Waals surface area contributed by atoms with Gasteiger partial charge in [0.1, 0.15) is 0 Å². The number of aryl methyl sites for hydroxylation is 6. The van der Waals surface area contributed by atoms with Crippen LogP contribution in [0.25, 0.3) is 201 Å². The summed E-state index contributed by atoms with van der Waals surface area (Å²) in [6.45, 7) is 12.7. The minimum atomic E-state index is 0. The maximum absolute atomic E-state index is 4.87. The molecular formula is C114H78Ir2N6. The summed E-state index contributed by atoms with van der Waals surface area (Å²) < 4.78 is 0. The van der Waals surface area contributed by atoms with Crippen LogP contribution in [0.1, 0.15) is 33.4 Å². The summed E-state index contributed by atoms with van der Waals surface area (Å²) in [5.41, 5.74) is 43.5. The normalized spacial score (nSPS) is 11.1. The van der Waals surface area contributed by atoms with Crippen molar-refractivity contribution in [3.63, 3.8) is 0 Å². The van der Waals surface area contributed by atoms with Crippen molar-refractivity contribution in [1.29, 1.82) is 0 Å². The molecule has 14 aromatic carbocycles. The number of hydrogen-bond acceptors (Lipinski definition) is 6. The van der Waals surface area contributed by atoms with Crippen molar-refractivity contribution in [2.75, 3.05) is 0 Å². The second kappa shape index (κ2) is 35.5. The topological polar surface area (TPSA) is 77.3 Å². The Bertz CT molecular complexity index is 6340. The third kappa shape index (κ3) is 17.0. The van der Waals surface area contributed by atoms with Crippen LogP contribution >= 0.6 is 0 Å². The average molecular weight is 1920 g/mol. The van der Waals surface area contributed by atoms with Crippen LogP contribution in [0.2, 0.25) is 0 Å². The zero-order chi connectivity index (χ0) is 81.2. The van der Waals surface area contributed by atoms with Gasteiger partial charge in [-0.15, -0.1) is 179 Å². The minimum absolute atomic E-state index is 0. The van der Waals surface area contributed by atoms with E-state index in [-0.39, 0.29) is 40.2 Å². The Morgan fingerprint density at radius 1 is 0.164 bits per heavy atom. The number of aromatic nitrogens is 6. The van der Waals surface area contributed by atoms with Crippen molar-refractivity contribution >= 4 is 0 Å². The molecule has 8 heteroatoms. The van der Waals surface area contributed by atoms with Crippen LogP contribution in [0.3, 0.4) is 0 Å². The molecular weight excluding hydrogens is 1840 g/mol. The smallest absolute Gasteiger partial charge is 0.305 e. The minimum Gasteiger partial charge on any atom is -0.305 e. The quantitative estimate of drug-likeness (QED) is 0.0797. The predicted molar refractivity (Wildman–Crippen MR) is 492 cm³/mol. The van der Waals surface area contributed by atoms with Crippen molar-refractivity contribution < 1.29 is 40.2 Å². The van der Waals surface area contributed by atoms with Gasteiger partial charge in [-0.3, -0.25) is 9.97 Å². The first-order chi connectivity index (χ1) is 58.9. The molecule has 6 nitrogen and oxygen atoms in total. The fourth-order valence-electron chi connectivity index (χ4n) is 16.3. The Labute approximate surface area is 741 Å². The second-order valence-electron chi connectivity index (χ2n) is 31.0. The zero-order valence-corrected chi connectivity index (χ0v) is 72.8. The van der Waals surface area contributed by atoms with E-state index in [9.17, 15) is 0 Å². The maximum atomic E-state index is 4.87. The number of hydrogen-bond donors (Lipinski definition) is 0. The number of nitrogens with zero attached hydrogens (tertiary/aromatic N) is 6. The summed E-state index contributed by atoms with van der Waals surface area (Å²) >= 11 is 0. The van der Waals surface area contributed by atoms with Gasteiger partial charge in [0.05, 0.1) is 6.33 Å². The number of benzene rings is 14. The Hall–Kier alpha value is -13.9. The average Bonchev–Trinajstić information content (AvgIpc) is 0.764. The fourth-order valence-corrected chi connectivity index (χ4v) is 16.3. The molecule has 0 spiro atoms. The Morgan fingerprint density at radius 3 is 0.574 bits per heavy atom. The molecule has 0 N–H and O–H groups in total. The van der Waals surface area contributed by atoms with Crippen LogP contribution in [-0.2, 0) is 40.2 Å². The summed E-state index contributed by atoms with van der Waals surface area (Å²) in [6.07, 6.45) is 9.08. The van der Waals surface area contributed by atoms with E-state index in [0.717, 1.165) is 234 Å². The molecule has 0 amide bonds. The van der Waals surface area contributed by atoms with Gasteiger partial charge in [0.15, 0.2) is 0 Å². The van der Waals surface area contributed by atoms with Crippen molar-refractivity contribution in [1.82, 2.24) is 29.9 Å². The van der Waals surface area contributed by atoms with Gasteiger partial charge in [-0.2, -0.15) is 0 Å². The fraction of sp³-hybridized carbons (Fsp3) is 0.0526. The molecule has 0 aliphatic carbocycles. The Balaban J connectivity index is 0.00000529. The van der Waals surface area contributed by atoms with Gasteiger partial charge in [0.25, 0.3) is 0 Å². The van der Waals surface area contributed by atoms with Crippen LogP contribution in [0, 0.1) is 77.9 Å². The van der Waals surface area contributed by atoms with E-state index in [1.165, 1.54) is 0 Å². The standard InChI is InChI=1S/C114H78N6.2Ir/c1-73-23-49-105(107(59-73)95-67-91(101-19-11-7-15-97(101)79-25-37-85(38-26-79)109-61-75(3)51-55-115-109)65-92(68-95)102-20-12-8-16-98(102)80-27-39-86(40-28-80)110-62-76(4)52-56-116-110)83-33-45-89(46-34-83)113-71-114(120-72-119-113)90-47-35-84(36-48-90)106-50-24-74(2)60-108(106)96-69-93(103-21-13-9-17-99(103)81-29-41-87(42-30-81)111-63-77(5)53-57-117-111)66-94(70-96)104-22-14-10-18-100(104)82-31-43-88(44-32-82)112-64-78(6)54-58-118-112;;/h7-37,39,41,43,45,47,49-72H,1-6H3;;/q-6;2*+3. The predicted octanol–water partition coefficient (Wildman–Crippen LogP) is 28.7. The second-order valence-corrected chi connectivity index (χ2v) is 31.0. The van der Waals surface area contributed by atoms with E-state index in [1.54, 1.807) is 6.33 Å². The maximum Gasteiger partial charge on any atom is 3.00 e. The number of pyridine rings is 4. The molecule has 0 aliphatic heterocycles. The van der Waals surface area contributed by atoms with E-state index >= 15 is 0 Å². The summed E-state index contributed by atoms with van der Waals surface area (Å²) in [6, 6.07) is 141. The van der Waals surface area contributed by atoms with Gasteiger partial charge >= 0.3 is 40.2 Å². The van der Waals surface area contributed by atoms with E-state index in [0.29, 0.717) is 0 Å². The molecule has 0 saturated carbocycles. The van der Waals surface area contributed by atoms with Crippen molar-refractivity contribution in [2.24, 2.45) is 0 Å². The molecule has 0 fully saturated rings. The van der Waals surface area contributed by atoms with E-state index < -0.39 is 0 Å². The van der Waals surface area contributed by atoms with Crippen LogP contribution in [0.4, 0.5) is 0 Å². The first-order valence-corrected chi connectivity index (χ1v) is 40.4. The van der Waals surface area contributed by atoms with E-state index in [4.69, 9.17) is 9.97 Å². The molecule has 0 bridgehead atoms. The summed E-state index contributed by atoms with van der Waals surface area (Å²) in [7, 11) is 0. The molecule has 0 radical (unpaired) electrons. The number of rotatable bonds is 18. The zero-order valence-electron chi connectivity index (χ0n) is 68.0. The molecule has 0 atom stereocenters. The summed E-state index contributed by atoms with van der Waals surface area (Å²) in [5, 5.41) is 0. The van der Waals surface area contributed by atoms with Gasteiger partial charge in [-0.05, 0) is 203 Å². The van der Waals surface area contributed by atoms with Gasteiger partial charge in [-0.1, -0.05) is 264 Å². The molecule has 19 aromatic rings. The Kier molecular flexibility index (Phi) is 23.4. The third-order valence-electron chi connectivity index (χ3n) is 22.5. The van der Waals surface area contributed by atoms with Crippen LogP contribution < -0.4 is 0 Å². The molecule has 5 aromatic heterocycles.